The number of hydrogen-bond acceptors (Lipinski definition) is 3. The molecule has 1 heterocycles. The van der Waals surface area contributed by atoms with Crippen LogP contribution in [0, 0.1) is 0 Å². The van der Waals surface area contributed by atoms with E-state index >= 15 is 0 Å². The van der Waals surface area contributed by atoms with Crippen molar-refractivity contribution in [1.82, 2.24) is 9.80 Å². The van der Waals surface area contributed by atoms with Gasteiger partial charge in [-0.3, -0.25) is 4.79 Å². The summed E-state index contributed by atoms with van der Waals surface area (Å²) >= 11 is 0. The first kappa shape index (κ1) is 13.9. The molecule has 1 aromatic carbocycles. The van der Waals surface area contributed by atoms with Crippen molar-refractivity contribution >= 4 is 18.0 Å². The second-order valence-corrected chi connectivity index (χ2v) is 4.45. The van der Waals surface area contributed by atoms with Gasteiger partial charge in [0.2, 0.25) is 0 Å². The van der Waals surface area contributed by atoms with E-state index in [2.05, 4.69) is 0 Å². The van der Waals surface area contributed by atoms with Crippen LogP contribution in [0.4, 0.5) is 4.79 Å². The molecular formula is C13H14N2O5. The van der Waals surface area contributed by atoms with Crippen LogP contribution < -0.4 is 0 Å². The number of benzene rings is 1. The molecule has 0 aromatic heterocycles. The molecule has 2 N–H and O–H groups in total. The van der Waals surface area contributed by atoms with E-state index in [-0.39, 0.29) is 19.6 Å². The minimum absolute atomic E-state index is 0.0665. The number of nitrogens with zero attached hydrogens (tertiary/aromatic N) is 2. The largest absolute Gasteiger partial charge is 0.480 e. The van der Waals surface area contributed by atoms with Crippen molar-refractivity contribution in [2.45, 2.75) is 6.04 Å². The molecule has 20 heavy (non-hydrogen) atoms. The number of rotatable bonds is 2. The molecule has 2 rings (SSSR count). The molecule has 1 aromatic rings. The Balaban J connectivity index is 2.20. The smallest absolute Gasteiger partial charge is 0.407 e. The van der Waals surface area contributed by atoms with Crippen LogP contribution in [0.1, 0.15) is 10.4 Å². The van der Waals surface area contributed by atoms with Crippen molar-refractivity contribution in [3.05, 3.63) is 35.9 Å². The molecule has 0 bridgehead atoms. The van der Waals surface area contributed by atoms with E-state index in [1.165, 1.54) is 4.90 Å². The normalized spacial score (nSPS) is 18.7. The van der Waals surface area contributed by atoms with Gasteiger partial charge in [0.15, 0.2) is 0 Å². The lowest BCUT2D eigenvalue weighted by Gasteiger charge is -2.38. The van der Waals surface area contributed by atoms with Crippen LogP contribution >= 0.6 is 0 Å². The Morgan fingerprint density at radius 2 is 1.70 bits per heavy atom. The lowest BCUT2D eigenvalue weighted by atomic mass is 10.1. The Kier molecular flexibility index (Phi) is 3.88. The zero-order valence-corrected chi connectivity index (χ0v) is 10.6. The Labute approximate surface area is 115 Å². The molecule has 1 aliphatic rings. The molecule has 0 aliphatic carbocycles. The lowest BCUT2D eigenvalue weighted by Crippen LogP contribution is -2.59. The topological polar surface area (TPSA) is 98.2 Å². The standard InChI is InChI=1S/C13H14N2O5/c16-11(9-4-2-1-3-5-9)15-7-6-14(13(19)20)8-10(15)12(17)18/h1-5,10H,6-8H2,(H,17,18)(H,19,20). The number of carbonyl (C=O) groups is 3. The van der Waals surface area contributed by atoms with Crippen LogP contribution in [0.25, 0.3) is 0 Å². The van der Waals surface area contributed by atoms with Crippen LogP contribution in [-0.4, -0.2) is 63.7 Å². The molecule has 7 heteroatoms. The van der Waals surface area contributed by atoms with Crippen LogP contribution in [0.2, 0.25) is 0 Å². The predicted molar refractivity (Wildman–Crippen MR) is 68.5 cm³/mol. The number of piperazine rings is 1. The summed E-state index contributed by atoms with van der Waals surface area (Å²) in [6, 6.07) is 7.18. The van der Waals surface area contributed by atoms with Gasteiger partial charge in [0.05, 0.1) is 6.54 Å². The quantitative estimate of drug-likeness (QED) is 0.824. The van der Waals surface area contributed by atoms with Gasteiger partial charge in [-0.05, 0) is 12.1 Å². The van der Waals surface area contributed by atoms with Crippen LogP contribution in [0.3, 0.4) is 0 Å². The van der Waals surface area contributed by atoms with Gasteiger partial charge in [-0.1, -0.05) is 18.2 Å². The van der Waals surface area contributed by atoms with E-state index in [0.717, 1.165) is 4.90 Å². The van der Waals surface area contributed by atoms with Crippen LogP contribution in [-0.2, 0) is 4.79 Å². The molecular weight excluding hydrogens is 264 g/mol. The van der Waals surface area contributed by atoms with Crippen molar-refractivity contribution in [2.24, 2.45) is 0 Å². The third-order valence-corrected chi connectivity index (χ3v) is 3.22. The van der Waals surface area contributed by atoms with E-state index in [1.807, 2.05) is 0 Å². The first-order chi connectivity index (χ1) is 9.50. The van der Waals surface area contributed by atoms with Gasteiger partial charge in [-0.25, -0.2) is 9.59 Å². The number of carboxylic acids is 1. The van der Waals surface area contributed by atoms with E-state index in [4.69, 9.17) is 5.11 Å². The van der Waals surface area contributed by atoms with E-state index in [9.17, 15) is 19.5 Å². The third-order valence-electron chi connectivity index (χ3n) is 3.22. The molecule has 1 saturated heterocycles. The first-order valence-electron chi connectivity index (χ1n) is 6.07. The highest BCUT2D eigenvalue weighted by Gasteiger charge is 2.37. The van der Waals surface area contributed by atoms with Crippen LogP contribution in [0.5, 0.6) is 0 Å². The van der Waals surface area contributed by atoms with Gasteiger partial charge in [0, 0.05) is 18.7 Å². The van der Waals surface area contributed by atoms with Gasteiger partial charge in [-0.15, -0.1) is 0 Å². The second kappa shape index (κ2) is 5.60. The number of amides is 2. The number of carbonyl (C=O) groups excluding carboxylic acids is 1. The highest BCUT2D eigenvalue weighted by Crippen LogP contribution is 2.14. The second-order valence-electron chi connectivity index (χ2n) is 4.45. The minimum Gasteiger partial charge on any atom is -0.480 e. The Morgan fingerprint density at radius 3 is 2.25 bits per heavy atom. The maximum absolute atomic E-state index is 12.3. The molecule has 106 valence electrons. The zero-order valence-electron chi connectivity index (χ0n) is 10.6. The summed E-state index contributed by atoms with van der Waals surface area (Å²) in [5.41, 5.74) is 0.391. The van der Waals surface area contributed by atoms with E-state index in [1.54, 1.807) is 30.3 Å². The fraction of sp³-hybridized carbons (Fsp3) is 0.308. The monoisotopic (exact) mass is 278 g/mol. The lowest BCUT2D eigenvalue weighted by molar-refractivity contribution is -0.144. The summed E-state index contributed by atoms with van der Waals surface area (Å²) in [7, 11) is 0. The summed E-state index contributed by atoms with van der Waals surface area (Å²) in [5.74, 6) is -1.61. The molecule has 0 spiro atoms. The fourth-order valence-corrected chi connectivity index (χ4v) is 2.16. The maximum atomic E-state index is 12.3. The van der Waals surface area contributed by atoms with Gasteiger partial charge in [-0.2, -0.15) is 0 Å². The number of carboxylic acid groups (broad SMARTS) is 2. The van der Waals surface area contributed by atoms with Gasteiger partial charge >= 0.3 is 12.1 Å². The zero-order chi connectivity index (χ0) is 14.7. The molecule has 7 nitrogen and oxygen atoms in total. The minimum atomic E-state index is -1.21. The van der Waals surface area contributed by atoms with Gasteiger partial charge in [0.1, 0.15) is 6.04 Å². The Bertz CT molecular complexity index is 531. The average molecular weight is 278 g/mol. The van der Waals surface area contributed by atoms with Crippen molar-refractivity contribution in [3.63, 3.8) is 0 Å². The average Bonchev–Trinajstić information content (AvgIpc) is 2.46. The Hall–Kier alpha value is -2.57. The molecule has 1 unspecified atom stereocenters. The van der Waals surface area contributed by atoms with E-state index in [0.29, 0.717) is 5.56 Å². The van der Waals surface area contributed by atoms with Gasteiger partial charge in [0.25, 0.3) is 5.91 Å². The third kappa shape index (κ3) is 2.71. The SMILES string of the molecule is O=C(O)C1CN(C(=O)O)CCN1C(=O)c1ccccc1. The molecule has 1 aliphatic heterocycles. The van der Waals surface area contributed by atoms with Crippen molar-refractivity contribution < 1.29 is 24.6 Å². The summed E-state index contributed by atoms with van der Waals surface area (Å²) in [5, 5.41) is 18.1. The molecule has 0 saturated carbocycles. The molecule has 0 radical (unpaired) electrons. The highest BCUT2D eigenvalue weighted by molar-refractivity contribution is 5.97. The summed E-state index contributed by atoms with van der Waals surface area (Å²) in [6.07, 6.45) is -1.18. The molecule has 2 amide bonds. The van der Waals surface area contributed by atoms with Crippen LogP contribution in [0.15, 0.2) is 30.3 Å². The molecule has 1 fully saturated rings. The first-order valence-corrected chi connectivity index (χ1v) is 6.07. The van der Waals surface area contributed by atoms with Crippen molar-refractivity contribution in [3.8, 4) is 0 Å². The molecule has 1 atom stereocenters. The fourth-order valence-electron chi connectivity index (χ4n) is 2.16. The van der Waals surface area contributed by atoms with Crippen molar-refractivity contribution in [2.75, 3.05) is 19.6 Å². The maximum Gasteiger partial charge on any atom is 0.407 e. The van der Waals surface area contributed by atoms with E-state index < -0.39 is 24.0 Å². The number of hydrogen-bond donors (Lipinski definition) is 2. The summed E-state index contributed by atoms with van der Waals surface area (Å²) in [4.78, 5) is 36.7. The van der Waals surface area contributed by atoms with Gasteiger partial charge < -0.3 is 20.0 Å². The predicted octanol–water partition coefficient (Wildman–Crippen LogP) is 0.576. The van der Waals surface area contributed by atoms with Crippen molar-refractivity contribution in [1.29, 1.82) is 0 Å². The summed E-state index contributed by atoms with van der Waals surface area (Å²) in [6.45, 7) is -0.0437. The summed E-state index contributed by atoms with van der Waals surface area (Å²) < 4.78 is 0. The highest BCUT2D eigenvalue weighted by atomic mass is 16.4. The Morgan fingerprint density at radius 1 is 1.05 bits per heavy atom. The number of aliphatic carboxylic acids is 1.